The highest BCUT2D eigenvalue weighted by molar-refractivity contribution is 6.48. The van der Waals surface area contributed by atoms with Gasteiger partial charge in [0.1, 0.15) is 34.5 Å². The van der Waals surface area contributed by atoms with Crippen molar-refractivity contribution in [3.63, 3.8) is 0 Å². The summed E-state index contributed by atoms with van der Waals surface area (Å²) in [6.45, 7) is 13.8. The van der Waals surface area contributed by atoms with Crippen LogP contribution in [0.5, 0.6) is 5.75 Å². The summed E-state index contributed by atoms with van der Waals surface area (Å²) in [5.74, 6) is -0.712. The second kappa shape index (κ2) is 11.3. The maximum Gasteiger partial charge on any atom is 0.461 e. The van der Waals surface area contributed by atoms with Crippen molar-refractivity contribution in [3.8, 4) is 5.75 Å². The Morgan fingerprint density at radius 3 is 2.58 bits per heavy atom. The number of ether oxygens (including phenoxy) is 2. The number of nitrogens with two attached hydrogens (primary N) is 1. The van der Waals surface area contributed by atoms with Gasteiger partial charge in [0.15, 0.2) is 5.78 Å². The van der Waals surface area contributed by atoms with Crippen molar-refractivity contribution >= 4 is 18.9 Å². The number of para-hydroxylation sites is 1. The van der Waals surface area contributed by atoms with Crippen LogP contribution in [0.3, 0.4) is 0 Å². The van der Waals surface area contributed by atoms with Gasteiger partial charge in [-0.2, -0.15) is 0 Å². The summed E-state index contributed by atoms with van der Waals surface area (Å²) >= 11 is 0. The molecule has 10 heteroatoms. The number of Topliss-reactive ketones (excluding diaryl/α,β-unsaturated/α-hetero) is 1. The molecule has 2 heterocycles. The summed E-state index contributed by atoms with van der Waals surface area (Å²) in [5.41, 5.74) is 6.82. The second-order valence-electron chi connectivity index (χ2n) is 14.3. The Balaban J connectivity index is 1.46. The molecule has 43 heavy (non-hydrogen) atoms. The number of carbonyl (C=O) groups is 2. The van der Waals surface area contributed by atoms with Crippen LogP contribution >= 0.6 is 0 Å². The number of carbonyl (C=O) groups excluding carboxylic acids is 2. The number of aryl methyl sites for hydroxylation is 1. The predicted octanol–water partition coefficient (Wildman–Crippen LogP) is 5.79. The lowest BCUT2D eigenvalue weighted by molar-refractivity contribution is -0.199. The number of ketones is 1. The minimum Gasteiger partial charge on any atom is -0.496 e. The number of benzene rings is 1. The van der Waals surface area contributed by atoms with Gasteiger partial charge in [0.2, 0.25) is 0 Å². The molecule has 6 rings (SSSR count). The quantitative estimate of drug-likeness (QED) is 0.287. The summed E-state index contributed by atoms with van der Waals surface area (Å²) in [5, 5.41) is 0. The van der Waals surface area contributed by atoms with Crippen molar-refractivity contribution in [3.05, 3.63) is 58.7 Å². The average Bonchev–Trinajstić information content (AvgIpc) is 3.28. The topological polar surface area (TPSA) is 110 Å². The Bertz CT molecular complexity index is 1410. The lowest BCUT2D eigenvalue weighted by atomic mass is 9.43. The summed E-state index contributed by atoms with van der Waals surface area (Å²) < 4.78 is 39.5. The smallest absolute Gasteiger partial charge is 0.461 e. The molecular formula is C33H44BFN2O6. The molecule has 8 nitrogen and oxygen atoms in total. The molecule has 0 spiro atoms. The fourth-order valence-electron chi connectivity index (χ4n) is 7.44. The molecule has 2 aromatic rings. The van der Waals surface area contributed by atoms with Crippen LogP contribution < -0.4 is 10.5 Å². The van der Waals surface area contributed by atoms with Gasteiger partial charge in [-0.1, -0.05) is 26.0 Å². The fourth-order valence-corrected chi connectivity index (χ4v) is 7.44. The maximum absolute atomic E-state index is 14.8. The number of nitrogens with zero attached hydrogens (tertiary/aromatic N) is 1. The zero-order valence-electron chi connectivity index (χ0n) is 26.5. The van der Waals surface area contributed by atoms with Crippen molar-refractivity contribution in [2.24, 2.45) is 23.0 Å². The molecule has 232 valence electrons. The minimum atomic E-state index is -1.25. The maximum atomic E-state index is 14.8. The van der Waals surface area contributed by atoms with Gasteiger partial charge in [-0.05, 0) is 94.4 Å². The molecule has 1 aliphatic heterocycles. The SMILES string of the molecule is COc1c(C[C@H](CC(=O)C(N)c2ncc(C)cc2F)B2OC3C[C@@H]4C[C@@H](C4(C)C)[C@]3(C)O2)cccc1C(=O)OC(C)(C)C. The van der Waals surface area contributed by atoms with Crippen molar-refractivity contribution in [1.82, 2.24) is 4.98 Å². The second-order valence-corrected chi connectivity index (χ2v) is 14.3. The first-order valence-electron chi connectivity index (χ1n) is 15.2. The molecule has 0 radical (unpaired) electrons. The molecule has 0 amide bonds. The molecule has 4 aliphatic rings. The van der Waals surface area contributed by atoms with Crippen LogP contribution in [0.15, 0.2) is 30.5 Å². The molecule has 1 aromatic carbocycles. The monoisotopic (exact) mass is 594 g/mol. The Labute approximate surface area is 254 Å². The fraction of sp³-hybridized carbons (Fsp3) is 0.606. The van der Waals surface area contributed by atoms with Gasteiger partial charge in [0, 0.05) is 18.4 Å². The number of pyridine rings is 1. The third-order valence-electron chi connectivity index (χ3n) is 9.87. The largest absolute Gasteiger partial charge is 0.496 e. The molecular weight excluding hydrogens is 550 g/mol. The zero-order chi connectivity index (χ0) is 31.5. The Kier molecular flexibility index (Phi) is 8.29. The van der Waals surface area contributed by atoms with E-state index in [1.54, 1.807) is 39.8 Å². The average molecular weight is 595 g/mol. The van der Waals surface area contributed by atoms with Gasteiger partial charge in [0.05, 0.1) is 18.8 Å². The van der Waals surface area contributed by atoms with E-state index in [1.807, 2.05) is 6.07 Å². The summed E-state index contributed by atoms with van der Waals surface area (Å²) in [4.78, 5) is 30.8. The Morgan fingerprint density at radius 2 is 1.95 bits per heavy atom. The van der Waals surface area contributed by atoms with E-state index in [0.717, 1.165) is 12.8 Å². The summed E-state index contributed by atoms with van der Waals surface area (Å²) in [6.07, 6.45) is 3.65. The molecule has 2 N–H and O–H groups in total. The number of esters is 1. The first kappa shape index (κ1) is 31.6. The molecule has 1 aromatic heterocycles. The van der Waals surface area contributed by atoms with Gasteiger partial charge in [-0.3, -0.25) is 9.78 Å². The van der Waals surface area contributed by atoms with Crippen molar-refractivity contribution in [2.45, 2.75) is 103 Å². The van der Waals surface area contributed by atoms with E-state index in [4.69, 9.17) is 24.5 Å². The van der Waals surface area contributed by atoms with Gasteiger partial charge < -0.3 is 24.5 Å². The zero-order valence-corrected chi connectivity index (χ0v) is 26.5. The number of methoxy groups -OCH3 is 1. The molecule has 2 bridgehead atoms. The highest BCUT2D eigenvalue weighted by atomic mass is 19.1. The van der Waals surface area contributed by atoms with E-state index in [2.05, 4.69) is 25.8 Å². The van der Waals surface area contributed by atoms with Crippen LogP contribution in [-0.2, 0) is 25.3 Å². The summed E-state index contributed by atoms with van der Waals surface area (Å²) in [7, 11) is 0.800. The van der Waals surface area contributed by atoms with Crippen LogP contribution in [0.1, 0.15) is 94.0 Å². The number of rotatable bonds is 9. The molecule has 3 saturated carbocycles. The van der Waals surface area contributed by atoms with E-state index >= 15 is 0 Å². The summed E-state index contributed by atoms with van der Waals surface area (Å²) in [6, 6.07) is 5.36. The Hall–Kier alpha value is -2.82. The molecule has 6 atom stereocenters. The standard InChI is InChI=1S/C33H44BFN2O6/c1-18-12-23(35)28(37-17-18)27(36)24(38)16-21(34-42-26-15-20-14-25(32(20,5)6)33(26,7)43-34)13-19-10-9-11-22(29(19)40-8)30(39)41-31(2,3)4/h9-12,17,20-21,25-27H,13-16,36H2,1-8H3/t20-,21+,25-,26?,27?,33-/m0/s1. The van der Waals surface area contributed by atoms with Crippen LogP contribution in [-0.4, -0.2) is 48.3 Å². The highest BCUT2D eigenvalue weighted by Crippen LogP contribution is 2.66. The highest BCUT2D eigenvalue weighted by Gasteiger charge is 2.68. The van der Waals surface area contributed by atoms with Crippen molar-refractivity contribution in [1.29, 1.82) is 0 Å². The Morgan fingerprint density at radius 1 is 1.23 bits per heavy atom. The lowest BCUT2D eigenvalue weighted by Gasteiger charge is -2.64. The van der Waals surface area contributed by atoms with Crippen LogP contribution in [0.2, 0.25) is 5.82 Å². The molecule has 4 fully saturated rings. The van der Waals surface area contributed by atoms with Gasteiger partial charge in [-0.25, -0.2) is 9.18 Å². The molecule has 2 unspecified atom stereocenters. The normalized spacial score (nSPS) is 27.1. The third-order valence-corrected chi connectivity index (χ3v) is 9.87. The predicted molar refractivity (Wildman–Crippen MR) is 161 cm³/mol. The molecule has 3 aliphatic carbocycles. The van der Waals surface area contributed by atoms with E-state index in [-0.39, 0.29) is 29.4 Å². The van der Waals surface area contributed by atoms with Crippen LogP contribution in [0.25, 0.3) is 0 Å². The number of halogens is 1. The van der Waals surface area contributed by atoms with Gasteiger partial charge in [-0.15, -0.1) is 0 Å². The van der Waals surface area contributed by atoms with E-state index in [9.17, 15) is 14.0 Å². The number of hydrogen-bond donors (Lipinski definition) is 1. The minimum absolute atomic E-state index is 0.0407. The third kappa shape index (κ3) is 5.86. The van der Waals surface area contributed by atoms with E-state index in [0.29, 0.717) is 40.7 Å². The van der Waals surface area contributed by atoms with Crippen LogP contribution in [0, 0.1) is 30.0 Å². The van der Waals surface area contributed by atoms with Gasteiger partial charge >= 0.3 is 13.1 Å². The first-order valence-corrected chi connectivity index (χ1v) is 15.2. The molecule has 1 saturated heterocycles. The van der Waals surface area contributed by atoms with Crippen LogP contribution in [0.4, 0.5) is 4.39 Å². The lowest BCUT2D eigenvalue weighted by Crippen LogP contribution is -2.65. The number of aromatic nitrogens is 1. The van der Waals surface area contributed by atoms with Gasteiger partial charge in [0.25, 0.3) is 0 Å². The number of hydrogen-bond acceptors (Lipinski definition) is 8. The van der Waals surface area contributed by atoms with Crippen molar-refractivity contribution < 1.29 is 32.8 Å². The first-order chi connectivity index (χ1) is 20.0. The van der Waals surface area contributed by atoms with E-state index in [1.165, 1.54) is 19.4 Å². The van der Waals surface area contributed by atoms with Crippen molar-refractivity contribution in [2.75, 3.05) is 7.11 Å². The van der Waals surface area contributed by atoms with E-state index < -0.39 is 42.0 Å².